The number of hydrogen-bond acceptors (Lipinski definition) is 5. The minimum atomic E-state index is -0.0512. The first-order chi connectivity index (χ1) is 17.7. The van der Waals surface area contributed by atoms with Crippen LogP contribution in [0, 0.1) is 19.8 Å². The standard InChI is InChI=1S/C31H39N3O3.2ClH/c1-21(2)30(20-33-14-15-34(24(5)19-33)25-9-7-10-26(35)18-25)32-31(36)29-13-12-28(17-23(29)4)37-27-11-6-8-22(3)16-27;;/h6-13,16-18,21,24,30,35H,14-15,19-20H2,1-5H3,(H,32,36);2*1H/t24-,30+;;/m0../s1. The fourth-order valence-electron chi connectivity index (χ4n) is 4.97. The monoisotopic (exact) mass is 573 g/mol. The molecule has 3 aromatic carbocycles. The van der Waals surface area contributed by atoms with Gasteiger partial charge in [0.1, 0.15) is 17.2 Å². The number of halogens is 2. The third kappa shape index (κ3) is 8.53. The molecule has 1 aliphatic rings. The molecule has 1 heterocycles. The molecule has 0 aromatic heterocycles. The zero-order valence-corrected chi connectivity index (χ0v) is 25.0. The number of amides is 1. The van der Waals surface area contributed by atoms with Crippen molar-refractivity contribution in [3.8, 4) is 17.2 Å². The fourth-order valence-corrected chi connectivity index (χ4v) is 4.97. The summed E-state index contributed by atoms with van der Waals surface area (Å²) in [4.78, 5) is 18.0. The molecule has 212 valence electrons. The second kappa shape index (κ2) is 14.5. The molecule has 3 aromatic rings. The van der Waals surface area contributed by atoms with Gasteiger partial charge in [-0.05, 0) is 80.3 Å². The Hall–Kier alpha value is -2.93. The summed E-state index contributed by atoms with van der Waals surface area (Å²) in [5.41, 5.74) is 3.74. The molecule has 0 bridgehead atoms. The number of nitrogens with one attached hydrogen (secondary N) is 1. The average molecular weight is 575 g/mol. The van der Waals surface area contributed by atoms with Crippen molar-refractivity contribution in [1.82, 2.24) is 10.2 Å². The van der Waals surface area contributed by atoms with Crippen molar-refractivity contribution in [2.45, 2.75) is 46.7 Å². The van der Waals surface area contributed by atoms with Crippen molar-refractivity contribution >= 4 is 36.4 Å². The van der Waals surface area contributed by atoms with Crippen LogP contribution in [-0.2, 0) is 0 Å². The van der Waals surface area contributed by atoms with Crippen LogP contribution in [0.3, 0.4) is 0 Å². The van der Waals surface area contributed by atoms with Gasteiger partial charge in [0.2, 0.25) is 0 Å². The van der Waals surface area contributed by atoms with E-state index < -0.39 is 0 Å². The first-order valence-corrected chi connectivity index (χ1v) is 13.1. The summed E-state index contributed by atoms with van der Waals surface area (Å²) in [5, 5.41) is 13.2. The number of rotatable bonds is 8. The molecule has 1 saturated heterocycles. The fraction of sp³-hybridized carbons (Fsp3) is 0.387. The van der Waals surface area contributed by atoms with Crippen molar-refractivity contribution in [3.05, 3.63) is 83.4 Å². The highest BCUT2D eigenvalue weighted by Gasteiger charge is 2.28. The van der Waals surface area contributed by atoms with Crippen LogP contribution >= 0.6 is 24.8 Å². The van der Waals surface area contributed by atoms with Gasteiger partial charge in [0, 0.05) is 55.6 Å². The number of phenolic OH excluding ortho intramolecular Hbond substituents is 1. The molecule has 8 heteroatoms. The summed E-state index contributed by atoms with van der Waals surface area (Å²) in [5.74, 6) is 2.05. The Morgan fingerprint density at radius 1 is 1.00 bits per heavy atom. The van der Waals surface area contributed by atoms with E-state index in [1.165, 1.54) is 0 Å². The van der Waals surface area contributed by atoms with Crippen LogP contribution in [0.4, 0.5) is 5.69 Å². The Balaban J connectivity index is 0.00000267. The van der Waals surface area contributed by atoms with Crippen LogP contribution in [0.2, 0.25) is 0 Å². The van der Waals surface area contributed by atoms with Crippen molar-refractivity contribution in [2.75, 3.05) is 31.1 Å². The van der Waals surface area contributed by atoms with E-state index in [1.54, 1.807) is 6.07 Å². The molecular formula is C31H41Cl2N3O3. The normalized spacial score (nSPS) is 16.2. The van der Waals surface area contributed by atoms with Crippen LogP contribution in [0.25, 0.3) is 0 Å². The summed E-state index contributed by atoms with van der Waals surface area (Å²) in [6.45, 7) is 14.0. The number of ether oxygens (including phenoxy) is 1. The van der Waals surface area contributed by atoms with E-state index >= 15 is 0 Å². The SMILES string of the molecule is Cc1cccc(Oc2ccc(C(=O)N[C@H](CN3CCN(c4cccc(O)c4)[C@@H](C)C3)C(C)C)c(C)c2)c1.Cl.Cl. The largest absolute Gasteiger partial charge is 0.508 e. The van der Waals surface area contributed by atoms with Crippen LogP contribution in [0.1, 0.15) is 42.3 Å². The predicted molar refractivity (Wildman–Crippen MR) is 164 cm³/mol. The quantitative estimate of drug-likeness (QED) is 0.317. The highest BCUT2D eigenvalue weighted by molar-refractivity contribution is 5.96. The zero-order valence-electron chi connectivity index (χ0n) is 23.4. The van der Waals surface area contributed by atoms with E-state index in [1.807, 2.05) is 74.5 Å². The number of phenols is 1. The van der Waals surface area contributed by atoms with E-state index in [2.05, 4.69) is 35.9 Å². The second-order valence-corrected chi connectivity index (χ2v) is 10.5. The lowest BCUT2D eigenvalue weighted by atomic mass is 10.0. The summed E-state index contributed by atoms with van der Waals surface area (Å²) in [6, 6.07) is 21.4. The van der Waals surface area contributed by atoms with Gasteiger partial charge in [-0.25, -0.2) is 0 Å². The Kier molecular flexibility index (Phi) is 12.0. The molecule has 1 aliphatic heterocycles. The summed E-state index contributed by atoms with van der Waals surface area (Å²) in [6.07, 6.45) is 0. The van der Waals surface area contributed by atoms with Crippen molar-refractivity contribution in [2.24, 2.45) is 5.92 Å². The molecule has 0 aliphatic carbocycles. The zero-order chi connectivity index (χ0) is 26.5. The van der Waals surface area contributed by atoms with Crippen molar-refractivity contribution in [1.29, 1.82) is 0 Å². The number of piperazine rings is 1. The molecular weight excluding hydrogens is 533 g/mol. The molecule has 0 spiro atoms. The molecule has 2 N–H and O–H groups in total. The van der Waals surface area contributed by atoms with Crippen LogP contribution in [0.15, 0.2) is 66.7 Å². The van der Waals surface area contributed by atoms with Gasteiger partial charge in [-0.3, -0.25) is 9.69 Å². The smallest absolute Gasteiger partial charge is 0.251 e. The Morgan fingerprint density at radius 3 is 2.36 bits per heavy atom. The van der Waals surface area contributed by atoms with Gasteiger partial charge in [0.05, 0.1) is 0 Å². The van der Waals surface area contributed by atoms with Gasteiger partial charge < -0.3 is 20.1 Å². The van der Waals surface area contributed by atoms with Gasteiger partial charge in [-0.2, -0.15) is 0 Å². The molecule has 1 fully saturated rings. The van der Waals surface area contributed by atoms with E-state index in [0.29, 0.717) is 23.3 Å². The first-order valence-electron chi connectivity index (χ1n) is 13.1. The maximum Gasteiger partial charge on any atom is 0.251 e. The van der Waals surface area contributed by atoms with Crippen LogP contribution in [-0.4, -0.2) is 54.2 Å². The topological polar surface area (TPSA) is 65.0 Å². The maximum atomic E-state index is 13.3. The average Bonchev–Trinajstić information content (AvgIpc) is 2.83. The highest BCUT2D eigenvalue weighted by Crippen LogP contribution is 2.26. The van der Waals surface area contributed by atoms with Gasteiger partial charge in [0.25, 0.3) is 5.91 Å². The molecule has 1 amide bonds. The van der Waals surface area contributed by atoms with Gasteiger partial charge in [0.15, 0.2) is 0 Å². The Bertz CT molecular complexity index is 1240. The minimum Gasteiger partial charge on any atom is -0.508 e. The summed E-state index contributed by atoms with van der Waals surface area (Å²) in [7, 11) is 0. The molecule has 39 heavy (non-hydrogen) atoms. The first kappa shape index (κ1) is 32.3. The maximum absolute atomic E-state index is 13.3. The second-order valence-electron chi connectivity index (χ2n) is 10.5. The predicted octanol–water partition coefficient (Wildman–Crippen LogP) is 6.61. The number of aromatic hydroxyl groups is 1. The molecule has 2 atom stereocenters. The van der Waals surface area contributed by atoms with Gasteiger partial charge in [-0.1, -0.05) is 32.0 Å². The lowest BCUT2D eigenvalue weighted by Crippen LogP contribution is -2.56. The molecule has 4 rings (SSSR count). The van der Waals surface area contributed by atoms with Gasteiger partial charge in [-0.15, -0.1) is 24.8 Å². The van der Waals surface area contributed by atoms with E-state index in [9.17, 15) is 9.90 Å². The van der Waals surface area contributed by atoms with Crippen molar-refractivity contribution in [3.63, 3.8) is 0 Å². The lowest BCUT2D eigenvalue weighted by Gasteiger charge is -2.42. The molecule has 0 unspecified atom stereocenters. The number of carbonyl (C=O) groups is 1. The highest BCUT2D eigenvalue weighted by atomic mass is 35.5. The number of hydrogen-bond donors (Lipinski definition) is 2. The number of carbonyl (C=O) groups excluding carboxylic acids is 1. The molecule has 6 nitrogen and oxygen atoms in total. The third-order valence-corrected chi connectivity index (χ3v) is 7.12. The van der Waals surface area contributed by atoms with E-state index in [-0.39, 0.29) is 36.8 Å². The number of anilines is 1. The summed E-state index contributed by atoms with van der Waals surface area (Å²) >= 11 is 0. The molecule has 0 radical (unpaired) electrons. The third-order valence-electron chi connectivity index (χ3n) is 7.12. The van der Waals surface area contributed by atoms with E-state index in [0.717, 1.165) is 54.5 Å². The number of benzene rings is 3. The van der Waals surface area contributed by atoms with E-state index in [4.69, 9.17) is 4.74 Å². The number of nitrogens with zero attached hydrogens (tertiary/aromatic N) is 2. The Morgan fingerprint density at radius 2 is 1.72 bits per heavy atom. The minimum absolute atomic E-state index is 0. The van der Waals surface area contributed by atoms with Crippen LogP contribution in [0.5, 0.6) is 17.2 Å². The van der Waals surface area contributed by atoms with Crippen LogP contribution < -0.4 is 15.0 Å². The number of aryl methyl sites for hydroxylation is 2. The summed E-state index contributed by atoms with van der Waals surface area (Å²) < 4.78 is 6.00. The van der Waals surface area contributed by atoms with Crippen molar-refractivity contribution < 1.29 is 14.6 Å². The Labute approximate surface area is 245 Å². The van der Waals surface area contributed by atoms with Gasteiger partial charge >= 0.3 is 0 Å². The molecule has 0 saturated carbocycles. The lowest BCUT2D eigenvalue weighted by molar-refractivity contribution is 0.0902.